The van der Waals surface area contributed by atoms with E-state index in [0.717, 1.165) is 34.3 Å². The summed E-state index contributed by atoms with van der Waals surface area (Å²) in [6.45, 7) is 1.82. The van der Waals surface area contributed by atoms with Gasteiger partial charge in [0.2, 0.25) is 5.91 Å². The van der Waals surface area contributed by atoms with Crippen molar-refractivity contribution in [2.24, 2.45) is 5.92 Å². The molecule has 2 aliphatic heterocycles. The van der Waals surface area contributed by atoms with Gasteiger partial charge in [-0.1, -0.05) is 18.2 Å². The van der Waals surface area contributed by atoms with Gasteiger partial charge in [-0.2, -0.15) is 0 Å². The third kappa shape index (κ3) is 3.90. The van der Waals surface area contributed by atoms with Gasteiger partial charge < -0.3 is 14.6 Å². The molecule has 1 saturated heterocycles. The molecular formula is C23H22N2O4S2. The van der Waals surface area contributed by atoms with E-state index in [-0.39, 0.29) is 34.8 Å². The van der Waals surface area contributed by atoms with Crippen molar-refractivity contribution in [2.45, 2.75) is 18.9 Å². The summed E-state index contributed by atoms with van der Waals surface area (Å²) in [5.41, 5.74) is 2.14. The number of piperidine rings is 1. The van der Waals surface area contributed by atoms with Gasteiger partial charge in [0.25, 0.3) is 5.56 Å². The Morgan fingerprint density at radius 2 is 1.94 bits per heavy atom. The lowest BCUT2D eigenvalue weighted by atomic mass is 9.81. The third-order valence-electron chi connectivity index (χ3n) is 6.08. The summed E-state index contributed by atoms with van der Waals surface area (Å²) < 4.78 is 3.13. The molecule has 2 bridgehead atoms. The molecule has 4 heterocycles. The third-order valence-corrected chi connectivity index (χ3v) is 8.14. The molecule has 3 aromatic rings. The number of likely N-dealkylation sites (tertiary alicyclic amines) is 1. The molecule has 2 unspecified atom stereocenters. The van der Waals surface area contributed by atoms with Gasteiger partial charge in [-0.05, 0) is 35.9 Å². The predicted octanol–water partition coefficient (Wildman–Crippen LogP) is 3.49. The monoisotopic (exact) mass is 454 g/mol. The number of fused-ring (bicyclic) bond motifs is 5. The first-order valence-electron chi connectivity index (χ1n) is 10.3. The van der Waals surface area contributed by atoms with Gasteiger partial charge >= 0.3 is 5.97 Å². The van der Waals surface area contributed by atoms with Gasteiger partial charge in [-0.3, -0.25) is 14.4 Å². The second-order valence-corrected chi connectivity index (χ2v) is 10.3. The predicted molar refractivity (Wildman–Crippen MR) is 124 cm³/mol. The Morgan fingerprint density at radius 1 is 1.10 bits per heavy atom. The van der Waals surface area contributed by atoms with Gasteiger partial charge in [0.05, 0.1) is 11.5 Å². The molecule has 31 heavy (non-hydrogen) atoms. The van der Waals surface area contributed by atoms with E-state index >= 15 is 0 Å². The first kappa shape index (κ1) is 20.3. The SMILES string of the molecule is O=C(O)CSCC(=O)N1CC2CC(C1)c1c(-c3cc4ccccc4s3)ccc(=O)n1C2. The number of hydrogen-bond acceptors (Lipinski definition) is 5. The topological polar surface area (TPSA) is 79.6 Å². The van der Waals surface area contributed by atoms with E-state index in [0.29, 0.717) is 19.6 Å². The minimum atomic E-state index is -0.908. The molecule has 0 spiro atoms. The van der Waals surface area contributed by atoms with Crippen molar-refractivity contribution in [3.63, 3.8) is 0 Å². The van der Waals surface area contributed by atoms with Crippen LogP contribution in [-0.2, 0) is 16.1 Å². The number of carboxylic acids is 1. The van der Waals surface area contributed by atoms with Gasteiger partial charge in [-0.15, -0.1) is 23.1 Å². The second kappa shape index (κ2) is 8.16. The Bertz CT molecular complexity index is 1200. The fourth-order valence-corrected chi connectivity index (χ4v) is 6.59. The highest BCUT2D eigenvalue weighted by molar-refractivity contribution is 8.00. The van der Waals surface area contributed by atoms with Crippen molar-refractivity contribution in [3.8, 4) is 10.4 Å². The molecule has 2 atom stereocenters. The van der Waals surface area contributed by atoms with Crippen LogP contribution in [0, 0.1) is 5.92 Å². The number of hydrogen-bond donors (Lipinski definition) is 1. The van der Waals surface area contributed by atoms with Gasteiger partial charge in [0.15, 0.2) is 0 Å². The van der Waals surface area contributed by atoms with E-state index in [1.165, 1.54) is 10.1 Å². The summed E-state index contributed by atoms with van der Waals surface area (Å²) >= 11 is 2.86. The number of thiophene rings is 1. The number of aliphatic carboxylic acids is 1. The molecule has 6 nitrogen and oxygen atoms in total. The second-order valence-electron chi connectivity index (χ2n) is 8.21. The number of carbonyl (C=O) groups is 2. The van der Waals surface area contributed by atoms with Gasteiger partial charge in [-0.25, -0.2) is 0 Å². The number of carboxylic acid groups (broad SMARTS) is 1. The Balaban J connectivity index is 1.47. The van der Waals surface area contributed by atoms with Crippen molar-refractivity contribution in [3.05, 3.63) is 58.5 Å². The van der Waals surface area contributed by atoms with Crippen molar-refractivity contribution in [2.75, 3.05) is 24.6 Å². The number of pyridine rings is 1. The normalized spacial score (nSPS) is 19.9. The summed E-state index contributed by atoms with van der Waals surface area (Å²) in [6.07, 6.45) is 0.966. The van der Waals surface area contributed by atoms with Crippen LogP contribution in [0.4, 0.5) is 0 Å². The summed E-state index contributed by atoms with van der Waals surface area (Å²) in [4.78, 5) is 39.2. The van der Waals surface area contributed by atoms with Crippen LogP contribution in [0.3, 0.4) is 0 Å². The van der Waals surface area contributed by atoms with E-state index in [2.05, 4.69) is 18.2 Å². The van der Waals surface area contributed by atoms with Crippen molar-refractivity contribution in [1.82, 2.24) is 9.47 Å². The highest BCUT2D eigenvalue weighted by Crippen LogP contribution is 2.42. The maximum Gasteiger partial charge on any atom is 0.313 e. The van der Waals surface area contributed by atoms with Crippen LogP contribution in [0.2, 0.25) is 0 Å². The fourth-order valence-electron chi connectivity index (χ4n) is 4.86. The highest BCUT2D eigenvalue weighted by Gasteiger charge is 2.37. The zero-order valence-corrected chi connectivity index (χ0v) is 18.5. The van der Waals surface area contributed by atoms with Crippen LogP contribution in [0.1, 0.15) is 18.0 Å². The maximum atomic E-state index is 12.7. The first-order chi connectivity index (χ1) is 15.0. The standard InChI is InChI=1S/C23H22N2O4S2/c26-20-6-5-17(19-8-15-3-1-2-4-18(15)31-19)23-16-7-14(10-25(20)23)9-24(11-16)21(27)12-30-13-22(28)29/h1-6,8,14,16H,7,9-13H2,(H,28,29). The molecule has 1 amide bonds. The zero-order chi connectivity index (χ0) is 21.5. The molecule has 0 aliphatic carbocycles. The van der Waals surface area contributed by atoms with E-state index < -0.39 is 5.97 Å². The lowest BCUT2D eigenvalue weighted by Crippen LogP contribution is -2.49. The van der Waals surface area contributed by atoms with Crippen LogP contribution in [0.25, 0.3) is 20.5 Å². The fraction of sp³-hybridized carbons (Fsp3) is 0.348. The lowest BCUT2D eigenvalue weighted by Gasteiger charge is -2.43. The highest BCUT2D eigenvalue weighted by atomic mass is 32.2. The average molecular weight is 455 g/mol. The van der Waals surface area contributed by atoms with Crippen LogP contribution < -0.4 is 5.56 Å². The van der Waals surface area contributed by atoms with Crippen LogP contribution in [0.5, 0.6) is 0 Å². The average Bonchev–Trinajstić information content (AvgIpc) is 3.18. The molecule has 8 heteroatoms. The number of carbonyl (C=O) groups excluding carboxylic acids is 1. The molecule has 160 valence electrons. The largest absolute Gasteiger partial charge is 0.481 e. The summed E-state index contributed by atoms with van der Waals surface area (Å²) in [5.74, 6) is -0.465. The van der Waals surface area contributed by atoms with Crippen molar-refractivity contribution in [1.29, 1.82) is 0 Å². The number of aromatic nitrogens is 1. The quantitative estimate of drug-likeness (QED) is 0.638. The summed E-state index contributed by atoms with van der Waals surface area (Å²) in [7, 11) is 0. The number of rotatable bonds is 5. The molecule has 1 N–H and O–H groups in total. The Labute approximate surface area is 187 Å². The van der Waals surface area contributed by atoms with Crippen LogP contribution in [0.15, 0.2) is 47.3 Å². The molecule has 5 rings (SSSR count). The summed E-state index contributed by atoms with van der Waals surface area (Å²) in [5, 5.41) is 10.0. The van der Waals surface area contributed by atoms with E-state index in [1.807, 2.05) is 27.7 Å². The number of nitrogens with zero attached hydrogens (tertiary/aromatic N) is 2. The van der Waals surface area contributed by atoms with Crippen LogP contribution in [-0.4, -0.2) is 51.0 Å². The zero-order valence-electron chi connectivity index (χ0n) is 16.8. The molecule has 1 fully saturated rings. The van der Waals surface area contributed by atoms with Crippen molar-refractivity contribution >= 4 is 45.1 Å². The Kier molecular flexibility index (Phi) is 5.35. The number of benzene rings is 1. The number of amides is 1. The van der Waals surface area contributed by atoms with Crippen LogP contribution >= 0.6 is 23.1 Å². The van der Waals surface area contributed by atoms with E-state index in [9.17, 15) is 14.4 Å². The first-order valence-corrected chi connectivity index (χ1v) is 12.3. The maximum absolute atomic E-state index is 12.7. The Hall–Kier alpha value is -2.58. The summed E-state index contributed by atoms with van der Waals surface area (Å²) in [6, 6.07) is 14.0. The lowest BCUT2D eigenvalue weighted by molar-refractivity contribution is -0.133. The molecule has 0 radical (unpaired) electrons. The minimum Gasteiger partial charge on any atom is -0.481 e. The van der Waals surface area contributed by atoms with Gasteiger partial charge in [0, 0.05) is 52.5 Å². The van der Waals surface area contributed by atoms with Crippen molar-refractivity contribution < 1.29 is 14.7 Å². The molecule has 0 saturated carbocycles. The van der Waals surface area contributed by atoms with E-state index in [1.54, 1.807) is 17.4 Å². The molecule has 2 aliphatic rings. The molecule has 2 aromatic heterocycles. The van der Waals surface area contributed by atoms with E-state index in [4.69, 9.17) is 5.11 Å². The Morgan fingerprint density at radius 3 is 2.74 bits per heavy atom. The smallest absolute Gasteiger partial charge is 0.313 e. The number of thioether (sulfide) groups is 1. The molecule has 1 aromatic carbocycles. The van der Waals surface area contributed by atoms with Gasteiger partial charge in [0.1, 0.15) is 0 Å². The minimum absolute atomic E-state index is 0.0175. The molecular weight excluding hydrogens is 432 g/mol.